The number of aliphatic hydroxyl groups is 3. The Morgan fingerprint density at radius 1 is 1.05 bits per heavy atom. The van der Waals surface area contributed by atoms with Crippen LogP contribution in [-0.2, 0) is 16.0 Å². The third-order valence-electron chi connectivity index (χ3n) is 7.85. The normalized spacial score (nSPS) is 26.2. The molecule has 0 radical (unpaired) electrons. The zero-order chi connectivity index (χ0) is 28.9. The second kappa shape index (κ2) is 13.6. The van der Waals surface area contributed by atoms with Gasteiger partial charge in [0.1, 0.15) is 30.2 Å². The van der Waals surface area contributed by atoms with Gasteiger partial charge in [-0.15, -0.1) is 11.8 Å². The number of benzene rings is 3. The van der Waals surface area contributed by atoms with Crippen LogP contribution < -0.4 is 4.74 Å². The fourth-order valence-electron chi connectivity index (χ4n) is 5.67. The monoisotopic (exact) mass is 597 g/mol. The van der Waals surface area contributed by atoms with Crippen molar-refractivity contribution in [2.75, 3.05) is 18.9 Å². The number of hydrogen-bond donors (Lipinski definition) is 3. The van der Waals surface area contributed by atoms with Gasteiger partial charge in [0.25, 0.3) is 0 Å². The van der Waals surface area contributed by atoms with Crippen molar-refractivity contribution in [2.45, 2.75) is 67.6 Å². The van der Waals surface area contributed by atoms with Crippen LogP contribution in [0.4, 0.5) is 0 Å². The molecule has 0 aliphatic carbocycles. The zero-order valence-electron chi connectivity index (χ0n) is 22.9. The van der Waals surface area contributed by atoms with Gasteiger partial charge in [0.15, 0.2) is 0 Å². The van der Waals surface area contributed by atoms with E-state index in [0.29, 0.717) is 29.4 Å². The van der Waals surface area contributed by atoms with Gasteiger partial charge in [0, 0.05) is 22.2 Å². The van der Waals surface area contributed by atoms with E-state index in [1.807, 2.05) is 66.4 Å². The topological polar surface area (TPSA) is 99.5 Å². The molecule has 2 aliphatic heterocycles. The Hall–Kier alpha value is -2.59. The van der Waals surface area contributed by atoms with Crippen molar-refractivity contribution in [3.05, 3.63) is 94.0 Å². The smallest absolute Gasteiger partial charge is 0.210 e. The second-order valence-corrected chi connectivity index (χ2v) is 12.0. The zero-order valence-corrected chi connectivity index (χ0v) is 24.5. The maximum atomic E-state index is 11.6. The Morgan fingerprint density at radius 2 is 1.83 bits per heavy atom. The minimum atomic E-state index is -1.37. The van der Waals surface area contributed by atoms with Crippen LogP contribution in [0.3, 0.4) is 0 Å². The van der Waals surface area contributed by atoms with E-state index in [0.717, 1.165) is 53.1 Å². The third-order valence-corrected chi connectivity index (χ3v) is 9.40. The molecule has 3 aromatic rings. The van der Waals surface area contributed by atoms with Gasteiger partial charge in [0.05, 0.1) is 18.8 Å². The molecule has 0 spiro atoms. The van der Waals surface area contributed by atoms with Gasteiger partial charge in [-0.05, 0) is 72.7 Å². The number of nitrogens with zero attached hydrogens (tertiary/aromatic N) is 1. The van der Waals surface area contributed by atoms with Gasteiger partial charge in [0.2, 0.25) is 6.41 Å². The van der Waals surface area contributed by atoms with E-state index in [9.17, 15) is 20.1 Å². The lowest BCUT2D eigenvalue weighted by Crippen LogP contribution is -2.54. The molecule has 218 valence electrons. The largest absolute Gasteiger partial charge is 0.494 e. The molecule has 3 N–H and O–H groups in total. The van der Waals surface area contributed by atoms with Gasteiger partial charge < -0.3 is 29.7 Å². The second-order valence-electron chi connectivity index (χ2n) is 10.5. The molecule has 1 amide bonds. The Morgan fingerprint density at radius 3 is 2.59 bits per heavy atom. The molecule has 7 nitrogen and oxygen atoms in total. The van der Waals surface area contributed by atoms with Crippen LogP contribution >= 0.6 is 23.4 Å². The summed E-state index contributed by atoms with van der Waals surface area (Å²) in [4.78, 5) is 14.4. The highest BCUT2D eigenvalue weighted by Gasteiger charge is 2.44. The van der Waals surface area contributed by atoms with Gasteiger partial charge in [-0.3, -0.25) is 4.79 Å². The van der Waals surface area contributed by atoms with Gasteiger partial charge in [-0.1, -0.05) is 54.1 Å². The summed E-state index contributed by atoms with van der Waals surface area (Å²) in [6, 6.07) is 21.3. The van der Waals surface area contributed by atoms with Crippen molar-refractivity contribution in [1.29, 1.82) is 0 Å². The summed E-state index contributed by atoms with van der Waals surface area (Å²) in [5.74, 6) is 1.16. The fraction of sp³-hybridized carbons (Fsp3) is 0.406. The number of carbonyl (C=O) groups excluding carboxylic acids is 1. The maximum Gasteiger partial charge on any atom is 0.210 e. The molecule has 2 fully saturated rings. The van der Waals surface area contributed by atoms with Crippen LogP contribution in [0.5, 0.6) is 5.75 Å². The number of amides is 1. The van der Waals surface area contributed by atoms with Crippen molar-refractivity contribution >= 4 is 29.8 Å². The summed E-state index contributed by atoms with van der Waals surface area (Å²) in [6.45, 7) is 3.28. The van der Waals surface area contributed by atoms with E-state index < -0.39 is 30.5 Å². The Bertz CT molecular complexity index is 1320. The predicted octanol–water partition coefficient (Wildman–Crippen LogP) is 4.94. The van der Waals surface area contributed by atoms with E-state index in [4.69, 9.17) is 21.1 Å². The molecule has 2 aliphatic rings. The van der Waals surface area contributed by atoms with Gasteiger partial charge in [-0.25, -0.2) is 0 Å². The molecule has 6 atom stereocenters. The number of hydrogen-bond acceptors (Lipinski definition) is 7. The summed E-state index contributed by atoms with van der Waals surface area (Å²) in [6.07, 6.45) is -2.17. The lowest BCUT2D eigenvalue weighted by molar-refractivity contribution is -0.218. The molecular formula is C32H36ClNO6S. The molecule has 2 heterocycles. The first-order chi connectivity index (χ1) is 19.9. The summed E-state index contributed by atoms with van der Waals surface area (Å²) < 4.78 is 11.8. The highest BCUT2D eigenvalue weighted by Crippen LogP contribution is 2.39. The number of carbonyl (C=O) groups is 1. The van der Waals surface area contributed by atoms with Crippen LogP contribution in [0.2, 0.25) is 5.02 Å². The first-order valence-corrected chi connectivity index (χ1v) is 15.4. The highest BCUT2D eigenvalue weighted by atomic mass is 35.5. The number of ether oxygens (including phenoxy) is 2. The van der Waals surface area contributed by atoms with Crippen LogP contribution in [0.25, 0.3) is 0 Å². The fourth-order valence-corrected chi connectivity index (χ4v) is 7.02. The van der Waals surface area contributed by atoms with E-state index in [1.165, 1.54) is 11.8 Å². The van der Waals surface area contributed by atoms with Gasteiger partial charge >= 0.3 is 0 Å². The molecule has 0 bridgehead atoms. The molecule has 0 aromatic heterocycles. The summed E-state index contributed by atoms with van der Waals surface area (Å²) in [5, 5.41) is 33.1. The minimum absolute atomic E-state index is 0.0245. The first-order valence-electron chi connectivity index (χ1n) is 14.0. The Balaban J connectivity index is 1.32. The number of halogens is 1. The van der Waals surface area contributed by atoms with Gasteiger partial charge in [-0.2, -0.15) is 0 Å². The molecule has 2 saturated heterocycles. The molecule has 0 saturated carbocycles. The quantitative estimate of drug-likeness (QED) is 0.225. The van der Waals surface area contributed by atoms with Crippen molar-refractivity contribution in [1.82, 2.24) is 4.90 Å². The number of likely N-dealkylation sites (tertiary alicyclic amines) is 1. The average molecular weight is 598 g/mol. The van der Waals surface area contributed by atoms with E-state index >= 15 is 0 Å². The van der Waals surface area contributed by atoms with E-state index in [2.05, 4.69) is 0 Å². The van der Waals surface area contributed by atoms with Crippen LogP contribution in [0, 0.1) is 0 Å². The van der Waals surface area contributed by atoms with Crippen LogP contribution in [0.1, 0.15) is 54.2 Å². The van der Waals surface area contributed by atoms with Crippen molar-refractivity contribution in [2.24, 2.45) is 0 Å². The van der Waals surface area contributed by atoms with Crippen molar-refractivity contribution < 1.29 is 29.6 Å². The first kappa shape index (κ1) is 29.9. The standard InChI is InChI=1S/C32H36ClNO6S/c1-2-39-23-12-9-20(10-13-23)16-22-17-21(11-14-25(22)33)32-31(38)30(37)29(36)27(40-32)18-41-28-8-4-3-6-24(28)26-7-5-15-34(26)19-35/h3-4,6,8-14,17,19,26-27,29-32,36-38H,2,5,7,15-16,18H2,1H3/t26?,27-,29-,30+,31-,32+/m1/s1. The maximum absolute atomic E-state index is 11.6. The van der Waals surface area contributed by atoms with E-state index in [1.54, 1.807) is 12.1 Å². The average Bonchev–Trinajstić information content (AvgIpc) is 3.47. The molecule has 3 aromatic carbocycles. The van der Waals surface area contributed by atoms with Crippen LogP contribution in [-0.4, -0.2) is 69.9 Å². The Labute approximate surface area is 250 Å². The Kier molecular flexibility index (Phi) is 9.91. The summed E-state index contributed by atoms with van der Waals surface area (Å²) in [5.41, 5.74) is 3.66. The molecule has 5 rings (SSSR count). The SMILES string of the molecule is CCOc1ccc(Cc2cc([C@@H]3O[C@H](CSc4ccccc4C4CCCN4C=O)[C@@H](O)[C@H](O)[C@H]3O)ccc2Cl)cc1. The highest BCUT2D eigenvalue weighted by molar-refractivity contribution is 7.99. The lowest BCUT2D eigenvalue weighted by Gasteiger charge is -2.41. The number of aliphatic hydroxyl groups excluding tert-OH is 3. The number of rotatable bonds is 10. The lowest BCUT2D eigenvalue weighted by atomic mass is 9.90. The van der Waals surface area contributed by atoms with E-state index in [-0.39, 0.29) is 6.04 Å². The predicted molar refractivity (Wildman–Crippen MR) is 159 cm³/mol. The molecule has 9 heteroatoms. The number of thioether (sulfide) groups is 1. The molecule has 41 heavy (non-hydrogen) atoms. The van der Waals surface area contributed by atoms with Crippen molar-refractivity contribution in [3.63, 3.8) is 0 Å². The summed E-state index contributed by atoms with van der Waals surface area (Å²) >= 11 is 8.06. The minimum Gasteiger partial charge on any atom is -0.494 e. The molecule has 1 unspecified atom stereocenters. The van der Waals surface area contributed by atoms with Crippen LogP contribution in [0.15, 0.2) is 71.6 Å². The van der Waals surface area contributed by atoms with Crippen molar-refractivity contribution in [3.8, 4) is 5.75 Å². The molecular weight excluding hydrogens is 562 g/mol. The third kappa shape index (κ3) is 6.74. The summed E-state index contributed by atoms with van der Waals surface area (Å²) in [7, 11) is 0.